The molecule has 2 aromatic carbocycles. The quantitative estimate of drug-likeness (QED) is 0.160. The zero-order valence-corrected chi connectivity index (χ0v) is 24.4. The van der Waals surface area contributed by atoms with Gasteiger partial charge in [0.2, 0.25) is 0 Å². The van der Waals surface area contributed by atoms with E-state index in [0.717, 1.165) is 32.4 Å². The summed E-state index contributed by atoms with van der Waals surface area (Å²) < 4.78 is 0. The SMILES string of the molecule is CCCCCCCCCCCCCCC[C@@H](O)[C@H]([C@@H](C)CC)N(Cc1ccccc1)Cc1ccccc1. The molecule has 1 N–H and O–H groups in total. The Kier molecular flexibility index (Phi) is 17.4. The van der Waals surface area contributed by atoms with Gasteiger partial charge >= 0.3 is 0 Å². The first-order chi connectivity index (χ1) is 18.2. The first-order valence-corrected chi connectivity index (χ1v) is 15.7. The van der Waals surface area contributed by atoms with Crippen LogP contribution in [0.2, 0.25) is 0 Å². The molecular formula is C35H57NO. The number of nitrogens with zero attached hydrogens (tertiary/aromatic N) is 1. The molecule has 208 valence electrons. The molecule has 0 aromatic heterocycles. The number of benzene rings is 2. The third-order valence-corrected chi connectivity index (χ3v) is 8.10. The van der Waals surface area contributed by atoms with E-state index in [1.54, 1.807) is 0 Å². The van der Waals surface area contributed by atoms with Crippen LogP contribution in [-0.2, 0) is 13.1 Å². The van der Waals surface area contributed by atoms with Gasteiger partial charge in [0.15, 0.2) is 0 Å². The van der Waals surface area contributed by atoms with Crippen LogP contribution in [0.4, 0.5) is 0 Å². The van der Waals surface area contributed by atoms with Crippen molar-refractivity contribution in [1.82, 2.24) is 4.90 Å². The average molecular weight is 508 g/mol. The maximum atomic E-state index is 11.5. The van der Waals surface area contributed by atoms with E-state index in [-0.39, 0.29) is 12.1 Å². The van der Waals surface area contributed by atoms with Crippen molar-refractivity contribution >= 4 is 0 Å². The van der Waals surface area contributed by atoms with E-state index in [2.05, 4.69) is 86.3 Å². The second kappa shape index (κ2) is 20.3. The molecule has 0 radical (unpaired) electrons. The average Bonchev–Trinajstić information content (AvgIpc) is 2.92. The van der Waals surface area contributed by atoms with Crippen molar-refractivity contribution < 1.29 is 5.11 Å². The van der Waals surface area contributed by atoms with Crippen molar-refractivity contribution in [2.75, 3.05) is 0 Å². The van der Waals surface area contributed by atoms with E-state index < -0.39 is 0 Å². The molecule has 2 nitrogen and oxygen atoms in total. The van der Waals surface area contributed by atoms with Gasteiger partial charge in [0, 0.05) is 19.1 Å². The minimum atomic E-state index is -0.282. The van der Waals surface area contributed by atoms with Crippen molar-refractivity contribution in [3.05, 3.63) is 71.8 Å². The van der Waals surface area contributed by atoms with Crippen LogP contribution < -0.4 is 0 Å². The Labute approximate surface area is 229 Å². The predicted octanol–water partition coefficient (Wildman–Crippen LogP) is 9.95. The number of aliphatic hydroxyl groups excluding tert-OH is 1. The fourth-order valence-electron chi connectivity index (χ4n) is 5.67. The molecule has 2 rings (SSSR count). The minimum absolute atomic E-state index is 0.169. The van der Waals surface area contributed by atoms with Gasteiger partial charge in [-0.1, -0.05) is 171 Å². The van der Waals surface area contributed by atoms with Gasteiger partial charge in [-0.15, -0.1) is 0 Å². The van der Waals surface area contributed by atoms with Crippen molar-refractivity contribution in [1.29, 1.82) is 0 Å². The van der Waals surface area contributed by atoms with E-state index in [9.17, 15) is 5.11 Å². The van der Waals surface area contributed by atoms with Gasteiger partial charge in [0.1, 0.15) is 0 Å². The zero-order chi connectivity index (χ0) is 26.6. The van der Waals surface area contributed by atoms with Gasteiger partial charge < -0.3 is 5.11 Å². The second-order valence-electron chi connectivity index (χ2n) is 11.4. The van der Waals surface area contributed by atoms with E-state index in [0.29, 0.717) is 5.92 Å². The fourth-order valence-corrected chi connectivity index (χ4v) is 5.67. The van der Waals surface area contributed by atoms with Gasteiger partial charge in [-0.2, -0.15) is 0 Å². The van der Waals surface area contributed by atoms with E-state index in [1.807, 2.05) is 0 Å². The number of hydrogen-bond acceptors (Lipinski definition) is 2. The van der Waals surface area contributed by atoms with Crippen LogP contribution in [0.1, 0.15) is 128 Å². The van der Waals surface area contributed by atoms with E-state index in [4.69, 9.17) is 0 Å². The molecule has 0 aliphatic heterocycles. The highest BCUT2D eigenvalue weighted by Crippen LogP contribution is 2.26. The first kappa shape index (κ1) is 31.6. The summed E-state index contributed by atoms with van der Waals surface area (Å²) in [6, 6.07) is 21.7. The molecule has 0 bridgehead atoms. The monoisotopic (exact) mass is 507 g/mol. The Morgan fingerprint density at radius 2 is 1.00 bits per heavy atom. The molecular weight excluding hydrogens is 450 g/mol. The summed E-state index contributed by atoms with van der Waals surface area (Å²) in [6.07, 6.45) is 19.4. The van der Waals surface area contributed by atoms with E-state index >= 15 is 0 Å². The molecule has 0 unspecified atom stereocenters. The second-order valence-corrected chi connectivity index (χ2v) is 11.4. The lowest BCUT2D eigenvalue weighted by atomic mass is 9.89. The van der Waals surface area contributed by atoms with Gasteiger partial charge in [-0.25, -0.2) is 0 Å². The molecule has 0 saturated heterocycles. The molecule has 0 aliphatic rings. The molecule has 0 spiro atoms. The summed E-state index contributed by atoms with van der Waals surface area (Å²) in [5, 5.41) is 11.5. The summed E-state index contributed by atoms with van der Waals surface area (Å²) in [5.74, 6) is 0.449. The van der Waals surface area contributed by atoms with Crippen molar-refractivity contribution in [3.8, 4) is 0 Å². The van der Waals surface area contributed by atoms with Crippen molar-refractivity contribution in [2.45, 2.75) is 142 Å². The Bertz CT molecular complexity index is 720. The normalized spacial score (nSPS) is 14.1. The Balaban J connectivity index is 1.79. The number of unbranched alkanes of at least 4 members (excludes halogenated alkanes) is 12. The van der Waals surface area contributed by atoms with Crippen LogP contribution in [0.3, 0.4) is 0 Å². The zero-order valence-electron chi connectivity index (χ0n) is 24.4. The lowest BCUT2D eigenvalue weighted by Crippen LogP contribution is -2.47. The third-order valence-electron chi connectivity index (χ3n) is 8.10. The van der Waals surface area contributed by atoms with Crippen LogP contribution in [0, 0.1) is 5.92 Å². The summed E-state index contributed by atoms with van der Waals surface area (Å²) in [4.78, 5) is 2.53. The number of hydrogen-bond donors (Lipinski definition) is 1. The topological polar surface area (TPSA) is 23.5 Å². The van der Waals surface area contributed by atoms with Crippen LogP contribution >= 0.6 is 0 Å². The highest BCUT2D eigenvalue weighted by atomic mass is 16.3. The van der Waals surface area contributed by atoms with Gasteiger partial charge in [-0.05, 0) is 23.5 Å². The van der Waals surface area contributed by atoms with Crippen LogP contribution in [-0.4, -0.2) is 22.2 Å². The fraction of sp³-hybridized carbons (Fsp3) is 0.657. The molecule has 0 heterocycles. The molecule has 2 aromatic rings. The Morgan fingerprint density at radius 3 is 1.41 bits per heavy atom. The highest BCUT2D eigenvalue weighted by Gasteiger charge is 2.30. The summed E-state index contributed by atoms with van der Waals surface area (Å²) in [7, 11) is 0. The number of aliphatic hydroxyl groups is 1. The molecule has 0 amide bonds. The van der Waals surface area contributed by atoms with Crippen molar-refractivity contribution in [3.63, 3.8) is 0 Å². The van der Waals surface area contributed by atoms with Crippen LogP contribution in [0.15, 0.2) is 60.7 Å². The summed E-state index contributed by atoms with van der Waals surface area (Å²) in [5.41, 5.74) is 2.64. The van der Waals surface area contributed by atoms with Gasteiger partial charge in [-0.3, -0.25) is 4.90 Å². The first-order valence-electron chi connectivity index (χ1n) is 15.7. The van der Waals surface area contributed by atoms with Gasteiger partial charge in [0.05, 0.1) is 6.10 Å². The smallest absolute Gasteiger partial charge is 0.0698 e. The number of rotatable bonds is 22. The lowest BCUT2D eigenvalue weighted by Gasteiger charge is -2.39. The summed E-state index contributed by atoms with van der Waals surface area (Å²) >= 11 is 0. The standard InChI is InChI=1S/C35H57NO/c1-4-6-7-8-9-10-11-12-13-14-15-16-23-28-34(37)35(31(3)5-2)36(29-32-24-19-17-20-25-32)30-33-26-21-18-22-27-33/h17-22,24-27,31,34-35,37H,4-16,23,28-30H2,1-3H3/t31-,34+,35-/m0/s1. The van der Waals surface area contributed by atoms with E-state index in [1.165, 1.54) is 88.2 Å². The third kappa shape index (κ3) is 13.6. The van der Waals surface area contributed by atoms with Crippen LogP contribution in [0.5, 0.6) is 0 Å². The molecule has 37 heavy (non-hydrogen) atoms. The molecule has 0 saturated carbocycles. The lowest BCUT2D eigenvalue weighted by molar-refractivity contribution is 0.00347. The molecule has 0 aliphatic carbocycles. The molecule has 2 heteroatoms. The maximum Gasteiger partial charge on any atom is 0.0698 e. The van der Waals surface area contributed by atoms with Crippen LogP contribution in [0.25, 0.3) is 0 Å². The Hall–Kier alpha value is -1.64. The Morgan fingerprint density at radius 1 is 0.595 bits per heavy atom. The highest BCUT2D eigenvalue weighted by molar-refractivity contribution is 5.17. The van der Waals surface area contributed by atoms with Gasteiger partial charge in [0.25, 0.3) is 0 Å². The molecule has 0 fully saturated rings. The predicted molar refractivity (Wildman–Crippen MR) is 162 cm³/mol. The van der Waals surface area contributed by atoms with Crippen molar-refractivity contribution in [2.24, 2.45) is 5.92 Å². The largest absolute Gasteiger partial charge is 0.391 e. The summed E-state index contributed by atoms with van der Waals surface area (Å²) in [6.45, 7) is 8.62. The molecule has 3 atom stereocenters. The minimum Gasteiger partial charge on any atom is -0.391 e. The maximum absolute atomic E-state index is 11.5.